The highest BCUT2D eigenvalue weighted by Crippen LogP contribution is 2.25. The van der Waals surface area contributed by atoms with Crippen LogP contribution in [-0.4, -0.2) is 27.5 Å². The van der Waals surface area contributed by atoms with Crippen molar-refractivity contribution in [2.24, 2.45) is 0 Å². The fourth-order valence-corrected chi connectivity index (χ4v) is 3.85. The molecule has 0 radical (unpaired) electrons. The molecule has 0 bridgehead atoms. The fourth-order valence-electron chi connectivity index (χ4n) is 2.14. The number of methoxy groups -OCH3 is 1. The van der Waals surface area contributed by atoms with Crippen LogP contribution in [0.1, 0.15) is 24.2 Å². The summed E-state index contributed by atoms with van der Waals surface area (Å²) in [5.41, 5.74) is 0.821. The van der Waals surface area contributed by atoms with Crippen LogP contribution in [-0.2, 0) is 10.0 Å². The van der Waals surface area contributed by atoms with Crippen LogP contribution in [0.5, 0.6) is 5.75 Å². The third kappa shape index (κ3) is 5.04. The first-order valence-corrected chi connectivity index (χ1v) is 9.78. The molecule has 1 amide bonds. The van der Waals surface area contributed by atoms with Gasteiger partial charge in [-0.1, -0.05) is 15.9 Å². The van der Waals surface area contributed by atoms with Crippen molar-refractivity contribution in [3.63, 3.8) is 0 Å². The maximum absolute atomic E-state index is 12.5. The van der Waals surface area contributed by atoms with Gasteiger partial charge in [-0.15, -0.1) is 0 Å². The van der Waals surface area contributed by atoms with Gasteiger partial charge >= 0.3 is 0 Å². The first kappa shape index (κ1) is 19.4. The summed E-state index contributed by atoms with van der Waals surface area (Å²) < 4.78 is 33.4. The monoisotopic (exact) mass is 426 g/mol. The second-order valence-electron chi connectivity index (χ2n) is 5.60. The molecule has 2 N–H and O–H groups in total. The van der Waals surface area contributed by atoms with Crippen molar-refractivity contribution in [1.82, 2.24) is 4.72 Å². The van der Waals surface area contributed by atoms with E-state index in [0.29, 0.717) is 5.69 Å². The van der Waals surface area contributed by atoms with Gasteiger partial charge in [0.2, 0.25) is 10.0 Å². The molecule has 8 heteroatoms. The number of anilines is 1. The number of amides is 1. The van der Waals surface area contributed by atoms with E-state index in [1.54, 1.807) is 38.1 Å². The summed E-state index contributed by atoms with van der Waals surface area (Å²) in [5.74, 6) is -0.237. The third-order valence-corrected chi connectivity index (χ3v) is 5.42. The molecule has 0 aliphatic carbocycles. The third-order valence-electron chi connectivity index (χ3n) is 3.21. The molecule has 0 atom stereocenters. The number of nitrogens with one attached hydrogen (secondary N) is 2. The van der Waals surface area contributed by atoms with Crippen LogP contribution in [0.15, 0.2) is 51.8 Å². The highest BCUT2D eigenvalue weighted by molar-refractivity contribution is 9.10. The number of rotatable bonds is 6. The summed E-state index contributed by atoms with van der Waals surface area (Å²) in [6, 6.07) is 11.1. The van der Waals surface area contributed by atoms with Gasteiger partial charge < -0.3 is 10.1 Å². The zero-order chi connectivity index (χ0) is 18.6. The molecule has 0 saturated heterocycles. The second kappa shape index (κ2) is 7.99. The molecule has 2 aromatic rings. The maximum atomic E-state index is 12.5. The Morgan fingerprint density at radius 2 is 1.76 bits per heavy atom. The predicted molar refractivity (Wildman–Crippen MR) is 101 cm³/mol. The van der Waals surface area contributed by atoms with Crippen molar-refractivity contribution in [3.8, 4) is 5.75 Å². The number of ether oxygens (including phenoxy) is 1. The van der Waals surface area contributed by atoms with Gasteiger partial charge in [0.1, 0.15) is 10.6 Å². The van der Waals surface area contributed by atoms with E-state index in [-0.39, 0.29) is 22.3 Å². The number of hydrogen-bond acceptors (Lipinski definition) is 4. The Labute approximate surface area is 155 Å². The predicted octanol–water partition coefficient (Wildman–Crippen LogP) is 3.40. The molecule has 2 aromatic carbocycles. The first-order valence-electron chi connectivity index (χ1n) is 7.50. The van der Waals surface area contributed by atoms with Gasteiger partial charge in [0.05, 0.1) is 7.11 Å². The lowest BCUT2D eigenvalue weighted by molar-refractivity contribution is 0.102. The number of hydrogen-bond donors (Lipinski definition) is 2. The van der Waals surface area contributed by atoms with Crippen molar-refractivity contribution in [3.05, 3.63) is 52.5 Å². The molecule has 0 fully saturated rings. The van der Waals surface area contributed by atoms with Gasteiger partial charge in [0.25, 0.3) is 5.91 Å². The van der Waals surface area contributed by atoms with E-state index < -0.39 is 15.9 Å². The van der Waals surface area contributed by atoms with Gasteiger partial charge in [-0.3, -0.25) is 4.79 Å². The highest BCUT2D eigenvalue weighted by atomic mass is 79.9. The van der Waals surface area contributed by atoms with Crippen LogP contribution >= 0.6 is 15.9 Å². The van der Waals surface area contributed by atoms with E-state index in [1.165, 1.54) is 25.3 Å². The van der Waals surface area contributed by atoms with Crippen molar-refractivity contribution in [2.75, 3.05) is 12.4 Å². The van der Waals surface area contributed by atoms with E-state index in [9.17, 15) is 13.2 Å². The zero-order valence-electron chi connectivity index (χ0n) is 14.0. The Balaban J connectivity index is 2.34. The zero-order valence-corrected chi connectivity index (χ0v) is 16.4. The molecule has 0 heterocycles. The van der Waals surface area contributed by atoms with Gasteiger partial charge in [0, 0.05) is 21.8 Å². The average Bonchev–Trinajstić information content (AvgIpc) is 2.55. The fraction of sp³-hybridized carbons (Fsp3) is 0.235. The van der Waals surface area contributed by atoms with Crippen LogP contribution in [0.2, 0.25) is 0 Å². The minimum Gasteiger partial charge on any atom is -0.495 e. The lowest BCUT2D eigenvalue weighted by Gasteiger charge is -2.14. The molecular formula is C17H19BrN2O4S. The van der Waals surface area contributed by atoms with Crippen molar-refractivity contribution < 1.29 is 17.9 Å². The second-order valence-corrected chi connectivity index (χ2v) is 8.20. The summed E-state index contributed by atoms with van der Waals surface area (Å²) in [6.45, 7) is 3.43. The van der Waals surface area contributed by atoms with Crippen molar-refractivity contribution in [1.29, 1.82) is 0 Å². The molecule has 0 aliphatic rings. The largest absolute Gasteiger partial charge is 0.495 e. The SMILES string of the molecule is COc1ccc(C(=O)Nc2ccc(Br)cc2)cc1S(=O)(=O)NC(C)C. The van der Waals surface area contributed by atoms with Crippen LogP contribution in [0.4, 0.5) is 5.69 Å². The topological polar surface area (TPSA) is 84.5 Å². The Kier molecular flexibility index (Phi) is 6.21. The summed E-state index contributed by atoms with van der Waals surface area (Å²) in [4.78, 5) is 12.3. The van der Waals surface area contributed by atoms with Crippen molar-refractivity contribution >= 4 is 37.5 Å². The van der Waals surface area contributed by atoms with Gasteiger partial charge in [0.15, 0.2) is 0 Å². The normalized spacial score (nSPS) is 11.4. The number of carbonyl (C=O) groups excluding carboxylic acids is 1. The van der Waals surface area contributed by atoms with Crippen molar-refractivity contribution in [2.45, 2.75) is 24.8 Å². The molecule has 6 nitrogen and oxygen atoms in total. The first-order chi connectivity index (χ1) is 11.7. The number of carbonyl (C=O) groups is 1. The number of halogens is 1. The number of sulfonamides is 1. The van der Waals surface area contributed by atoms with Gasteiger partial charge in [-0.05, 0) is 56.3 Å². The molecule has 0 unspecified atom stereocenters. The van der Waals surface area contributed by atoms with Crippen LogP contribution < -0.4 is 14.8 Å². The Bertz CT molecular complexity index is 865. The number of benzene rings is 2. The van der Waals surface area contributed by atoms with E-state index in [0.717, 1.165) is 4.47 Å². The molecule has 0 aliphatic heterocycles. The molecule has 2 rings (SSSR count). The van der Waals surface area contributed by atoms with Gasteiger partial charge in [-0.2, -0.15) is 0 Å². The summed E-state index contributed by atoms with van der Waals surface area (Å²) in [5, 5.41) is 2.73. The molecule has 0 saturated carbocycles. The lowest BCUT2D eigenvalue weighted by atomic mass is 10.2. The van der Waals surface area contributed by atoms with Crippen LogP contribution in [0, 0.1) is 0 Å². The van der Waals surface area contributed by atoms with E-state index in [4.69, 9.17) is 4.74 Å². The quantitative estimate of drug-likeness (QED) is 0.740. The van der Waals surface area contributed by atoms with E-state index >= 15 is 0 Å². The molecule has 25 heavy (non-hydrogen) atoms. The summed E-state index contributed by atoms with van der Waals surface area (Å²) >= 11 is 3.32. The average molecular weight is 427 g/mol. The lowest BCUT2D eigenvalue weighted by Crippen LogP contribution is -2.30. The van der Waals surface area contributed by atoms with Crippen LogP contribution in [0.3, 0.4) is 0 Å². The molecule has 0 spiro atoms. The standard InChI is InChI=1S/C17H19BrN2O4S/c1-11(2)20-25(22,23)16-10-12(4-9-15(16)24-3)17(21)19-14-7-5-13(18)6-8-14/h4-11,20H,1-3H3,(H,19,21). The smallest absolute Gasteiger partial charge is 0.255 e. The molecule has 134 valence electrons. The van der Waals surface area contributed by atoms with E-state index in [2.05, 4.69) is 26.0 Å². The summed E-state index contributed by atoms with van der Waals surface area (Å²) in [6.07, 6.45) is 0. The van der Waals surface area contributed by atoms with Gasteiger partial charge in [-0.25, -0.2) is 13.1 Å². The maximum Gasteiger partial charge on any atom is 0.255 e. The molecular weight excluding hydrogens is 408 g/mol. The Hall–Kier alpha value is -1.90. The minimum absolute atomic E-state index is 0.0767. The summed E-state index contributed by atoms with van der Waals surface area (Å²) in [7, 11) is -2.42. The highest BCUT2D eigenvalue weighted by Gasteiger charge is 2.22. The minimum atomic E-state index is -3.80. The van der Waals surface area contributed by atoms with E-state index in [1.807, 2.05) is 0 Å². The van der Waals surface area contributed by atoms with Crippen LogP contribution in [0.25, 0.3) is 0 Å². The molecule has 0 aromatic heterocycles. The Morgan fingerprint density at radius 1 is 1.12 bits per heavy atom. The Morgan fingerprint density at radius 3 is 2.32 bits per heavy atom.